The van der Waals surface area contributed by atoms with Gasteiger partial charge < -0.3 is 0 Å². The topological polar surface area (TPSA) is 66.8 Å². The van der Waals surface area contributed by atoms with Gasteiger partial charge in [-0.25, -0.2) is 10.5 Å². The first-order valence-corrected chi connectivity index (χ1v) is 0.978. The molecule has 0 aliphatic rings. The first-order valence-electron chi connectivity index (χ1n) is 0.569. The summed E-state index contributed by atoms with van der Waals surface area (Å²) in [6.45, 7) is 0. The molecule has 0 saturated heterocycles. The van der Waals surface area contributed by atoms with Gasteiger partial charge in [-0.15, -0.1) is 0 Å². The highest BCUT2D eigenvalue weighted by molar-refractivity contribution is 7.00. The Morgan fingerprint density at radius 2 is 1.40 bits per heavy atom. The molecular weight excluding hydrogens is 95.0 g/mol. The highest BCUT2D eigenvalue weighted by atomic mass is 31.0. The molecule has 0 radical (unpaired) electrons. The van der Waals surface area contributed by atoms with Crippen LogP contribution in [0.3, 0.4) is 0 Å². The van der Waals surface area contributed by atoms with Crippen molar-refractivity contribution >= 4 is 9.12 Å². The summed E-state index contributed by atoms with van der Waals surface area (Å²) in [6, 6.07) is 0. The molecule has 0 rings (SSSR count). The van der Waals surface area contributed by atoms with Crippen molar-refractivity contribution in [3.05, 3.63) is 0 Å². The molecule has 2 N–H and O–H groups in total. The standard InChI is InChI=1S/H2O3.HOP/c1-3-2;1-2/h1-2H;2H. The fraction of sp³-hybridized carbons (Fsp3) is 0. The van der Waals surface area contributed by atoms with E-state index in [1.165, 1.54) is 0 Å². The summed E-state index contributed by atoms with van der Waals surface area (Å²) in [5, 5.41) is 15.5. The van der Waals surface area contributed by atoms with Gasteiger partial charge in [-0.2, -0.15) is 0 Å². The maximum Gasteiger partial charge on any atom is 0.138 e. The van der Waals surface area contributed by atoms with E-state index in [1.54, 1.807) is 9.12 Å². The van der Waals surface area contributed by atoms with E-state index in [2.05, 4.69) is 5.04 Å². The lowest BCUT2D eigenvalue weighted by molar-refractivity contribution is -0.465. The van der Waals surface area contributed by atoms with Crippen molar-refractivity contribution in [1.29, 1.82) is 0 Å². The Bertz CT molecular complexity index is 7.61. The largest absolute Gasteiger partial charge is 0.279 e. The van der Waals surface area contributed by atoms with E-state index in [4.69, 9.17) is 15.1 Å². The predicted molar refractivity (Wildman–Crippen MR) is 15.3 cm³/mol. The zero-order valence-electron chi connectivity index (χ0n) is 2.21. The van der Waals surface area contributed by atoms with Crippen molar-refractivity contribution in [2.24, 2.45) is 0 Å². The van der Waals surface area contributed by atoms with Crippen LogP contribution in [0.4, 0.5) is 0 Å². The van der Waals surface area contributed by atoms with Crippen LogP contribution in [0.1, 0.15) is 0 Å². The van der Waals surface area contributed by atoms with Gasteiger partial charge in [-0.1, -0.05) is 5.04 Å². The molecule has 0 unspecified atom stereocenters. The Morgan fingerprint density at radius 1 is 1.40 bits per heavy atom. The molecule has 0 aromatic heterocycles. The Morgan fingerprint density at radius 3 is 1.40 bits per heavy atom. The molecule has 0 bridgehead atoms. The van der Waals surface area contributed by atoms with Crippen molar-refractivity contribution in [2.75, 3.05) is 0 Å². The summed E-state index contributed by atoms with van der Waals surface area (Å²) in [5.41, 5.74) is 0. The van der Waals surface area contributed by atoms with Gasteiger partial charge in [0.25, 0.3) is 0 Å². The maximum atomic E-state index is 8.06. The number of hydrogen-bond acceptors (Lipinski definition) is 4. The summed E-state index contributed by atoms with van der Waals surface area (Å²) in [5.74, 6) is 0. The Kier molecular flexibility index (Phi) is 65.4. The normalized spacial score (nSPS) is 4.40. The van der Waals surface area contributed by atoms with Crippen LogP contribution >= 0.6 is 9.12 Å². The van der Waals surface area contributed by atoms with Crippen LogP contribution in [0.5, 0.6) is 0 Å². The summed E-state index contributed by atoms with van der Waals surface area (Å²) < 4.78 is 8.06. The average Bonchev–Trinajstić information content (AvgIpc) is 1.46. The van der Waals surface area contributed by atoms with Gasteiger partial charge in [0.15, 0.2) is 0 Å². The van der Waals surface area contributed by atoms with Gasteiger partial charge in [-0.05, 0) is 0 Å². The molecule has 0 aromatic carbocycles. The minimum absolute atomic E-state index is 1.72. The van der Waals surface area contributed by atoms with Crippen LogP contribution in [0.15, 0.2) is 0 Å². The second kappa shape index (κ2) is 36.8. The van der Waals surface area contributed by atoms with E-state index in [0.717, 1.165) is 0 Å². The summed E-state index contributed by atoms with van der Waals surface area (Å²) in [7, 11) is 1.72. The predicted octanol–water partition coefficient (Wildman–Crippen LogP) is 0.424. The molecule has 0 spiro atoms. The van der Waals surface area contributed by atoms with E-state index in [1.807, 2.05) is 0 Å². The third-order valence-corrected chi connectivity index (χ3v) is 0. The lowest BCUT2D eigenvalue weighted by atomic mass is 14.6. The quantitative estimate of drug-likeness (QED) is 0.262. The average molecular weight is 98.0 g/mol. The highest BCUT2D eigenvalue weighted by Gasteiger charge is 1.27. The van der Waals surface area contributed by atoms with Crippen molar-refractivity contribution in [3.8, 4) is 0 Å². The zero-order valence-corrected chi connectivity index (χ0v) is 3.21. The second-order valence-corrected chi connectivity index (χ2v) is 0.0816. The van der Waals surface area contributed by atoms with E-state index in [-0.39, 0.29) is 0 Å². The Labute approximate surface area is 30.5 Å². The molecule has 0 saturated carbocycles. The van der Waals surface area contributed by atoms with E-state index < -0.39 is 0 Å². The van der Waals surface area contributed by atoms with Gasteiger partial charge in [0.1, 0.15) is 9.12 Å². The maximum absolute atomic E-state index is 8.06. The highest BCUT2D eigenvalue weighted by Crippen LogP contribution is 1.24. The fourth-order valence-corrected chi connectivity index (χ4v) is 0. The molecule has 0 amide bonds. The number of rotatable bonds is 0. The lowest BCUT2D eigenvalue weighted by Crippen LogP contribution is -1.60. The monoisotopic (exact) mass is 98.0 g/mol. The van der Waals surface area contributed by atoms with Crippen LogP contribution in [0.25, 0.3) is 0 Å². The molecule has 0 aliphatic heterocycles. The molecule has 0 fully saturated rings. The van der Waals surface area contributed by atoms with Crippen LogP contribution in [-0.2, 0) is 9.60 Å². The van der Waals surface area contributed by atoms with Crippen molar-refractivity contribution in [1.82, 2.24) is 0 Å². The van der Waals surface area contributed by atoms with Crippen molar-refractivity contribution in [3.63, 3.8) is 0 Å². The number of hydrogen-bond donors (Lipinski definition) is 2. The molecule has 5 heavy (non-hydrogen) atoms. The van der Waals surface area contributed by atoms with Crippen LogP contribution < -0.4 is 0 Å². The summed E-state index contributed by atoms with van der Waals surface area (Å²) in [4.78, 5) is 0. The Balaban J connectivity index is 0. The minimum Gasteiger partial charge on any atom is -0.279 e. The third-order valence-electron chi connectivity index (χ3n) is 0. The molecule has 0 atom stereocenters. The molecule has 0 aliphatic carbocycles. The van der Waals surface area contributed by atoms with Gasteiger partial charge in [0.05, 0.1) is 0 Å². The van der Waals surface area contributed by atoms with Gasteiger partial charge >= 0.3 is 0 Å². The van der Waals surface area contributed by atoms with Crippen LogP contribution in [-0.4, -0.2) is 10.5 Å². The molecular formula is H3O4P. The smallest absolute Gasteiger partial charge is 0.138 e. The molecule has 5 heteroatoms. The van der Waals surface area contributed by atoms with Crippen molar-refractivity contribution < 1.29 is 20.1 Å². The van der Waals surface area contributed by atoms with Crippen LogP contribution in [0, 0.1) is 0 Å². The molecule has 32 valence electrons. The van der Waals surface area contributed by atoms with E-state index in [9.17, 15) is 0 Å². The third kappa shape index (κ3) is 39000. The van der Waals surface area contributed by atoms with Gasteiger partial charge in [-0.3, -0.25) is 4.57 Å². The zero-order chi connectivity index (χ0) is 4.71. The fourth-order valence-electron chi connectivity index (χ4n) is 0. The first-order chi connectivity index (χ1) is 2.41. The van der Waals surface area contributed by atoms with E-state index in [0.29, 0.717) is 0 Å². The SMILES string of the molecule is O=P.OOO. The molecule has 0 aromatic rings. The van der Waals surface area contributed by atoms with Crippen molar-refractivity contribution in [2.45, 2.75) is 0 Å². The second-order valence-electron chi connectivity index (χ2n) is 0.0816. The Hall–Kier alpha value is -0.0200. The molecule has 0 heterocycles. The summed E-state index contributed by atoms with van der Waals surface area (Å²) >= 11 is 0. The van der Waals surface area contributed by atoms with E-state index >= 15 is 0 Å². The first kappa shape index (κ1) is 8.88. The summed E-state index contributed by atoms with van der Waals surface area (Å²) in [6.07, 6.45) is 0. The minimum atomic E-state index is 1.72. The van der Waals surface area contributed by atoms with Crippen LogP contribution in [0.2, 0.25) is 0 Å². The lowest BCUT2D eigenvalue weighted by Gasteiger charge is -1.56. The van der Waals surface area contributed by atoms with Gasteiger partial charge in [0, 0.05) is 0 Å². The molecule has 4 nitrogen and oxygen atoms in total. The van der Waals surface area contributed by atoms with Gasteiger partial charge in [0.2, 0.25) is 0 Å².